The van der Waals surface area contributed by atoms with Crippen molar-refractivity contribution in [2.75, 3.05) is 21.3 Å². The van der Waals surface area contributed by atoms with Crippen molar-refractivity contribution in [1.29, 1.82) is 0 Å². The molecule has 0 aliphatic rings. The van der Waals surface area contributed by atoms with Crippen LogP contribution in [0.3, 0.4) is 0 Å². The van der Waals surface area contributed by atoms with E-state index in [-0.39, 0.29) is 0 Å². The van der Waals surface area contributed by atoms with Crippen LogP contribution in [0, 0.1) is 0 Å². The molecule has 0 radical (unpaired) electrons. The quantitative estimate of drug-likeness (QED) is 0.485. The van der Waals surface area contributed by atoms with Gasteiger partial charge >= 0.3 is 0 Å². The van der Waals surface area contributed by atoms with E-state index in [1.165, 1.54) is 27.7 Å². The van der Waals surface area contributed by atoms with Crippen LogP contribution in [0.5, 0.6) is 17.2 Å². The van der Waals surface area contributed by atoms with E-state index in [4.69, 9.17) is 18.6 Å². The summed E-state index contributed by atoms with van der Waals surface area (Å²) in [7, 11) is 4.61. The molecule has 2 aromatic heterocycles. The predicted molar refractivity (Wildman–Crippen MR) is 114 cm³/mol. The Labute approximate surface area is 179 Å². The Hall–Kier alpha value is -3.78. The molecule has 0 fully saturated rings. The van der Waals surface area contributed by atoms with Gasteiger partial charge in [-0.1, -0.05) is 0 Å². The second-order valence-corrected chi connectivity index (χ2v) is 7.04. The maximum Gasteiger partial charge on any atom is 0.203 e. The first-order valence-electron chi connectivity index (χ1n) is 9.56. The van der Waals surface area contributed by atoms with Crippen LogP contribution in [0.1, 0.15) is 18.1 Å². The summed E-state index contributed by atoms with van der Waals surface area (Å²) in [5.41, 5.74) is 1.20. The number of methoxy groups -OCH3 is 3. The van der Waals surface area contributed by atoms with Gasteiger partial charge in [0.2, 0.25) is 5.75 Å². The highest BCUT2D eigenvalue weighted by molar-refractivity contribution is 5.65. The fourth-order valence-corrected chi connectivity index (χ4v) is 3.57. The fourth-order valence-electron chi connectivity index (χ4n) is 3.57. The second-order valence-electron chi connectivity index (χ2n) is 7.04. The van der Waals surface area contributed by atoms with Gasteiger partial charge in [-0.2, -0.15) is 5.10 Å². The van der Waals surface area contributed by atoms with Crippen LogP contribution in [0.15, 0.2) is 65.8 Å². The van der Waals surface area contributed by atoms with Crippen LogP contribution >= 0.6 is 0 Å². The van der Waals surface area contributed by atoms with Gasteiger partial charge < -0.3 is 23.7 Å². The molecular formula is C23H23N3O5. The Bertz CT molecular complexity index is 1140. The number of rotatable bonds is 7. The largest absolute Gasteiger partial charge is 0.493 e. The second kappa shape index (κ2) is 8.16. The number of aliphatic hydroxyl groups is 1. The monoisotopic (exact) mass is 421 g/mol. The van der Waals surface area contributed by atoms with Gasteiger partial charge in [-0.3, -0.25) is 0 Å². The highest BCUT2D eigenvalue weighted by Gasteiger charge is 2.32. The first-order valence-corrected chi connectivity index (χ1v) is 9.56. The van der Waals surface area contributed by atoms with Crippen molar-refractivity contribution in [3.05, 3.63) is 72.5 Å². The van der Waals surface area contributed by atoms with E-state index in [9.17, 15) is 5.11 Å². The third-order valence-electron chi connectivity index (χ3n) is 5.22. The zero-order valence-corrected chi connectivity index (χ0v) is 17.7. The SMILES string of the molecule is COc1cc(C(C)(O)c2cc(-c3ccco3)ccc2-n2cncn2)cc(OC)c1OC. The molecule has 1 unspecified atom stereocenters. The lowest BCUT2D eigenvalue weighted by molar-refractivity contribution is 0.101. The summed E-state index contributed by atoms with van der Waals surface area (Å²) in [6, 6.07) is 12.8. The molecule has 2 heterocycles. The Morgan fingerprint density at radius 3 is 2.29 bits per heavy atom. The van der Waals surface area contributed by atoms with E-state index >= 15 is 0 Å². The minimum atomic E-state index is -1.45. The normalized spacial score (nSPS) is 12.9. The maximum absolute atomic E-state index is 11.8. The first kappa shape index (κ1) is 20.5. The summed E-state index contributed by atoms with van der Waals surface area (Å²) in [5.74, 6) is 2.03. The van der Waals surface area contributed by atoms with E-state index in [1.54, 1.807) is 36.3 Å². The molecule has 4 aromatic rings. The lowest BCUT2D eigenvalue weighted by Crippen LogP contribution is -2.25. The molecule has 0 saturated carbocycles. The molecule has 0 spiro atoms. The van der Waals surface area contributed by atoms with Gasteiger partial charge in [0, 0.05) is 11.1 Å². The molecule has 0 saturated heterocycles. The van der Waals surface area contributed by atoms with Gasteiger partial charge in [-0.15, -0.1) is 0 Å². The van der Waals surface area contributed by atoms with Crippen molar-refractivity contribution >= 4 is 0 Å². The third kappa shape index (κ3) is 3.62. The Balaban J connectivity index is 1.94. The zero-order chi connectivity index (χ0) is 22.0. The van der Waals surface area contributed by atoms with E-state index in [0.717, 1.165) is 5.56 Å². The number of nitrogens with zero attached hydrogens (tertiary/aromatic N) is 3. The van der Waals surface area contributed by atoms with Crippen molar-refractivity contribution in [1.82, 2.24) is 14.8 Å². The Morgan fingerprint density at radius 1 is 1.00 bits per heavy atom. The summed E-state index contributed by atoms with van der Waals surface area (Å²) in [6.45, 7) is 1.70. The van der Waals surface area contributed by atoms with Gasteiger partial charge in [-0.05, 0) is 55.0 Å². The highest BCUT2D eigenvalue weighted by Crippen LogP contribution is 2.44. The van der Waals surface area contributed by atoms with Crippen LogP contribution in [-0.4, -0.2) is 41.2 Å². The molecule has 4 rings (SSSR count). The molecule has 0 aliphatic heterocycles. The van der Waals surface area contributed by atoms with Crippen LogP contribution < -0.4 is 14.2 Å². The average Bonchev–Trinajstić information content (AvgIpc) is 3.52. The molecule has 8 nitrogen and oxygen atoms in total. The van der Waals surface area contributed by atoms with Gasteiger partial charge in [0.15, 0.2) is 11.5 Å². The number of hydrogen-bond acceptors (Lipinski definition) is 7. The number of aromatic nitrogens is 3. The minimum absolute atomic E-state index is 0.446. The van der Waals surface area contributed by atoms with Crippen molar-refractivity contribution in [2.45, 2.75) is 12.5 Å². The molecule has 8 heteroatoms. The molecule has 1 atom stereocenters. The number of ether oxygens (including phenoxy) is 3. The van der Waals surface area contributed by atoms with E-state index < -0.39 is 5.60 Å². The Kier molecular flexibility index (Phi) is 5.39. The number of benzene rings is 2. The van der Waals surface area contributed by atoms with Crippen molar-refractivity contribution in [3.8, 4) is 34.3 Å². The lowest BCUT2D eigenvalue weighted by Gasteiger charge is -2.28. The summed E-state index contributed by atoms with van der Waals surface area (Å²) >= 11 is 0. The average molecular weight is 421 g/mol. The Morgan fingerprint density at radius 2 is 1.74 bits per heavy atom. The molecular weight excluding hydrogens is 398 g/mol. The van der Waals surface area contributed by atoms with Gasteiger partial charge in [0.25, 0.3) is 0 Å². The summed E-state index contributed by atoms with van der Waals surface area (Å²) in [6.07, 6.45) is 4.63. The summed E-state index contributed by atoms with van der Waals surface area (Å²) in [5, 5.41) is 16.1. The standard InChI is InChI=1S/C23H23N3O5/c1-23(27,16-11-20(28-2)22(30-4)21(12-16)29-3)17-10-15(19-6-5-9-31-19)7-8-18(17)26-14-24-13-25-26/h5-14,27H,1-4H3. The lowest BCUT2D eigenvalue weighted by atomic mass is 9.85. The molecule has 1 N–H and O–H groups in total. The topological polar surface area (TPSA) is 91.8 Å². The predicted octanol–water partition coefficient (Wildman–Crippen LogP) is 3.81. The van der Waals surface area contributed by atoms with Gasteiger partial charge in [-0.25, -0.2) is 9.67 Å². The van der Waals surface area contributed by atoms with E-state index in [2.05, 4.69) is 10.1 Å². The molecule has 0 amide bonds. The van der Waals surface area contributed by atoms with Crippen LogP contribution in [-0.2, 0) is 5.60 Å². The number of hydrogen-bond donors (Lipinski definition) is 1. The van der Waals surface area contributed by atoms with Crippen molar-refractivity contribution in [3.63, 3.8) is 0 Å². The minimum Gasteiger partial charge on any atom is -0.493 e. The van der Waals surface area contributed by atoms with Crippen LogP contribution in [0.25, 0.3) is 17.0 Å². The highest BCUT2D eigenvalue weighted by atomic mass is 16.5. The molecule has 2 aromatic carbocycles. The van der Waals surface area contributed by atoms with Crippen LogP contribution in [0.4, 0.5) is 0 Å². The fraction of sp³-hybridized carbons (Fsp3) is 0.217. The molecule has 160 valence electrons. The summed E-state index contributed by atoms with van der Waals surface area (Å²) in [4.78, 5) is 4.04. The van der Waals surface area contributed by atoms with Crippen molar-refractivity contribution < 1.29 is 23.7 Å². The third-order valence-corrected chi connectivity index (χ3v) is 5.22. The smallest absolute Gasteiger partial charge is 0.203 e. The molecule has 0 bridgehead atoms. The number of furan rings is 1. The van der Waals surface area contributed by atoms with Crippen LogP contribution in [0.2, 0.25) is 0 Å². The zero-order valence-electron chi connectivity index (χ0n) is 17.7. The molecule has 0 aliphatic carbocycles. The molecule has 31 heavy (non-hydrogen) atoms. The van der Waals surface area contributed by atoms with Gasteiger partial charge in [0.1, 0.15) is 24.0 Å². The van der Waals surface area contributed by atoms with E-state index in [0.29, 0.717) is 39.8 Å². The van der Waals surface area contributed by atoms with E-state index in [1.807, 2.05) is 30.3 Å². The maximum atomic E-state index is 11.8. The van der Waals surface area contributed by atoms with Gasteiger partial charge in [0.05, 0.1) is 33.3 Å². The van der Waals surface area contributed by atoms with Crippen molar-refractivity contribution in [2.24, 2.45) is 0 Å². The first-order chi connectivity index (χ1) is 15.0. The summed E-state index contributed by atoms with van der Waals surface area (Å²) < 4.78 is 23.5.